The number of hydrogen-bond acceptors (Lipinski definition) is 4. The van der Waals surface area contributed by atoms with Crippen LogP contribution < -0.4 is 0 Å². The highest BCUT2D eigenvalue weighted by atomic mass is 16.5. The lowest BCUT2D eigenvalue weighted by molar-refractivity contribution is -0.246. The van der Waals surface area contributed by atoms with Crippen molar-refractivity contribution in [1.29, 1.82) is 0 Å². The second kappa shape index (κ2) is 14.1. The summed E-state index contributed by atoms with van der Waals surface area (Å²) < 4.78 is 13.4. The molecule has 8 rings (SSSR count). The Labute approximate surface area is 324 Å². The summed E-state index contributed by atoms with van der Waals surface area (Å²) >= 11 is 0. The van der Waals surface area contributed by atoms with Crippen LogP contribution in [0.25, 0.3) is 0 Å². The van der Waals surface area contributed by atoms with Crippen LogP contribution in [0.1, 0.15) is 170 Å². The van der Waals surface area contributed by atoms with Crippen LogP contribution in [-0.2, 0) is 19.1 Å². The molecule has 2 amide bonds. The van der Waals surface area contributed by atoms with Crippen molar-refractivity contribution < 1.29 is 19.1 Å². The fraction of sp³-hybridized carbons (Fsp3) is 0.957. The molecule has 53 heavy (non-hydrogen) atoms. The van der Waals surface area contributed by atoms with Crippen molar-refractivity contribution >= 4 is 11.8 Å². The first-order valence-corrected chi connectivity index (χ1v) is 23.1. The molecule has 6 heteroatoms. The molecule has 300 valence electrons. The maximum Gasteiger partial charge on any atom is 0.222 e. The number of rotatable bonds is 10. The van der Waals surface area contributed by atoms with E-state index in [1.807, 2.05) is 0 Å². The molecule has 6 saturated carbocycles. The van der Waals surface area contributed by atoms with Gasteiger partial charge in [0.25, 0.3) is 0 Å². The Morgan fingerprint density at radius 2 is 1.26 bits per heavy atom. The molecule has 8 fully saturated rings. The molecule has 2 saturated heterocycles. The summed E-state index contributed by atoms with van der Waals surface area (Å²) in [6.45, 7) is 16.8. The molecule has 0 N–H and O–H groups in total. The first-order chi connectivity index (χ1) is 25.3. The molecule has 15 atom stereocenters. The smallest absolute Gasteiger partial charge is 0.222 e. The largest absolute Gasteiger partial charge is 0.378 e. The molecular formula is C47H78N2O4. The van der Waals surface area contributed by atoms with Gasteiger partial charge in [0, 0.05) is 46.2 Å². The molecule has 2 heterocycles. The second-order valence-corrected chi connectivity index (χ2v) is 21.3. The summed E-state index contributed by atoms with van der Waals surface area (Å²) in [7, 11) is 4.32. The number of unbranched alkanes of at least 4 members (excludes halogenated alkanes) is 3. The lowest BCUT2D eigenvalue weighted by Crippen LogP contribution is -2.78. The summed E-state index contributed by atoms with van der Waals surface area (Å²) in [6, 6.07) is 0.258. The van der Waals surface area contributed by atoms with Crippen molar-refractivity contribution in [2.24, 2.45) is 63.1 Å². The highest BCUT2D eigenvalue weighted by molar-refractivity contribution is 5.81. The lowest BCUT2D eigenvalue weighted by Gasteiger charge is -2.74. The van der Waals surface area contributed by atoms with Gasteiger partial charge in [0.1, 0.15) is 0 Å². The molecule has 0 aromatic rings. The van der Waals surface area contributed by atoms with Crippen molar-refractivity contribution in [3.05, 3.63) is 0 Å². The van der Waals surface area contributed by atoms with E-state index in [1.54, 1.807) is 0 Å². The van der Waals surface area contributed by atoms with E-state index < -0.39 is 0 Å². The van der Waals surface area contributed by atoms with Gasteiger partial charge < -0.3 is 19.3 Å². The van der Waals surface area contributed by atoms with Crippen molar-refractivity contribution in [2.75, 3.05) is 27.3 Å². The lowest BCUT2D eigenvalue weighted by atomic mass is 9.36. The Hall–Kier alpha value is -1.14. The van der Waals surface area contributed by atoms with Gasteiger partial charge in [-0.15, -0.1) is 0 Å². The summed E-state index contributed by atoms with van der Waals surface area (Å²) in [4.78, 5) is 33.2. The maximum atomic E-state index is 14.4. The van der Waals surface area contributed by atoms with Gasteiger partial charge in [0.05, 0.1) is 17.7 Å². The fourth-order valence-corrected chi connectivity index (χ4v) is 17.3. The Kier molecular flexibility index (Phi) is 10.3. The molecule has 0 aromatic heterocycles. The topological polar surface area (TPSA) is 59.1 Å². The molecule has 0 radical (unpaired) electrons. The molecular weight excluding hydrogens is 657 g/mol. The molecule has 6 aliphatic carbocycles. The zero-order valence-corrected chi connectivity index (χ0v) is 35.4. The van der Waals surface area contributed by atoms with E-state index in [2.05, 4.69) is 65.4 Å². The number of amides is 2. The van der Waals surface area contributed by atoms with Crippen molar-refractivity contribution in [3.63, 3.8) is 0 Å². The highest BCUT2D eigenvalue weighted by Gasteiger charge is 2.74. The van der Waals surface area contributed by atoms with Gasteiger partial charge in [0.15, 0.2) is 0 Å². The number of ether oxygens (including phenoxy) is 2. The minimum Gasteiger partial charge on any atom is -0.378 e. The number of carbonyl (C=O) groups is 2. The van der Waals surface area contributed by atoms with E-state index >= 15 is 0 Å². The van der Waals surface area contributed by atoms with E-state index in [1.165, 1.54) is 89.9 Å². The standard InChI is InChI=1S/C47H78N2O4/c1-9-11-12-13-29-53-40-19-15-33-31-14-17-38-46(6,36(31)22-25-44(33,40)4)37(30-42(51)48(38)7)47-27-20-32-34-16-18-39(52-28-10-2)43(34,3)24-21-35(32)45(47,5)26-23-41(50)49(47)8/h31-40H,9-30H2,1-8H3/t31-,32-,33-,34-,35+,36+,37?,38?,39?,40?,43-,44-,45+,46-,47?/m0/s1. The zero-order chi connectivity index (χ0) is 37.6. The van der Waals surface area contributed by atoms with Gasteiger partial charge in [-0.1, -0.05) is 60.8 Å². The van der Waals surface area contributed by atoms with E-state index in [4.69, 9.17) is 9.47 Å². The quantitative estimate of drug-likeness (QED) is 0.210. The van der Waals surface area contributed by atoms with E-state index in [0.717, 1.165) is 38.9 Å². The van der Waals surface area contributed by atoms with Crippen LogP contribution in [-0.4, -0.2) is 72.7 Å². The summed E-state index contributed by atoms with van der Waals surface area (Å²) in [5, 5.41) is 0. The molecule has 0 spiro atoms. The van der Waals surface area contributed by atoms with E-state index in [0.29, 0.717) is 72.4 Å². The van der Waals surface area contributed by atoms with Gasteiger partial charge >= 0.3 is 0 Å². The fourth-order valence-electron chi connectivity index (χ4n) is 17.3. The summed E-state index contributed by atoms with van der Waals surface area (Å²) in [5.74, 6) is 4.86. The first-order valence-electron chi connectivity index (χ1n) is 23.1. The molecule has 6 nitrogen and oxygen atoms in total. The third-order valence-electron chi connectivity index (χ3n) is 19.9. The average molecular weight is 735 g/mol. The highest BCUT2D eigenvalue weighted by Crippen LogP contribution is 2.74. The summed E-state index contributed by atoms with van der Waals surface area (Å²) in [6.07, 6.45) is 23.8. The molecule has 0 aromatic carbocycles. The normalized spacial score (nSPS) is 50.6. The number of carbonyl (C=O) groups excluding carboxylic acids is 2. The van der Waals surface area contributed by atoms with Crippen LogP contribution in [0, 0.1) is 63.1 Å². The number of nitrogens with zero attached hydrogens (tertiary/aromatic N) is 2. The first kappa shape index (κ1) is 38.7. The van der Waals surface area contributed by atoms with Crippen LogP contribution >= 0.6 is 0 Å². The Bertz CT molecular complexity index is 1390. The van der Waals surface area contributed by atoms with Crippen LogP contribution in [0.15, 0.2) is 0 Å². The Morgan fingerprint density at radius 1 is 0.623 bits per heavy atom. The monoisotopic (exact) mass is 735 g/mol. The SMILES string of the molecule is CCCCCCOC1CC[C@H]2[C@@H]3CCC4N(C)C(=O)CC(C56CC[C@@H]7[C@@H](CC[C@]8(C)C(OCCC)CC[C@@H]78)[C@@]5(C)CCC(=O)N6C)[C@]4(C)[C@@H]3CC[C@]12C. The summed E-state index contributed by atoms with van der Waals surface area (Å²) in [5.41, 5.74) is 0.254. The minimum absolute atomic E-state index is 0.0108. The van der Waals surface area contributed by atoms with Gasteiger partial charge in [-0.25, -0.2) is 0 Å². The van der Waals surface area contributed by atoms with Gasteiger partial charge in [-0.2, -0.15) is 0 Å². The third-order valence-corrected chi connectivity index (χ3v) is 19.9. The molecule has 2 aliphatic heterocycles. The molecule has 8 aliphatic rings. The van der Waals surface area contributed by atoms with Crippen molar-refractivity contribution in [3.8, 4) is 0 Å². The molecule has 0 bridgehead atoms. The Morgan fingerprint density at radius 3 is 1.92 bits per heavy atom. The van der Waals surface area contributed by atoms with Crippen molar-refractivity contribution in [1.82, 2.24) is 9.80 Å². The van der Waals surface area contributed by atoms with Crippen LogP contribution in [0.2, 0.25) is 0 Å². The predicted octanol–water partition coefficient (Wildman–Crippen LogP) is 10.1. The zero-order valence-electron chi connectivity index (χ0n) is 35.4. The number of likely N-dealkylation sites (tertiary alicyclic amines) is 2. The number of hydrogen-bond donors (Lipinski definition) is 0. The van der Waals surface area contributed by atoms with E-state index in [-0.39, 0.29) is 39.2 Å². The predicted molar refractivity (Wildman–Crippen MR) is 212 cm³/mol. The second-order valence-electron chi connectivity index (χ2n) is 21.3. The number of fused-ring (bicyclic) bond motifs is 10. The van der Waals surface area contributed by atoms with Gasteiger partial charge in [-0.3, -0.25) is 9.59 Å². The van der Waals surface area contributed by atoms with Crippen molar-refractivity contribution in [2.45, 2.75) is 194 Å². The molecule has 5 unspecified atom stereocenters. The van der Waals surface area contributed by atoms with Gasteiger partial charge in [0.2, 0.25) is 11.8 Å². The minimum atomic E-state index is -0.277. The Balaban J connectivity index is 1.13. The van der Waals surface area contributed by atoms with E-state index in [9.17, 15) is 9.59 Å². The third kappa shape index (κ3) is 5.41. The van der Waals surface area contributed by atoms with Crippen LogP contribution in [0.3, 0.4) is 0 Å². The maximum absolute atomic E-state index is 14.4. The van der Waals surface area contributed by atoms with Gasteiger partial charge in [-0.05, 0) is 159 Å². The van der Waals surface area contributed by atoms with Crippen LogP contribution in [0.5, 0.6) is 0 Å². The van der Waals surface area contributed by atoms with Crippen LogP contribution in [0.4, 0.5) is 0 Å². The number of piperidine rings is 2. The average Bonchev–Trinajstić information content (AvgIpc) is 3.66.